The number of aliphatic imine (C=N–C) groups is 1. The SMILES string of the molecule is COC(=O)[C@H]1/C=C/COc2ccc(cc2)C[C@@H](NC(C)=O)C(=O)N[C@@H](CCCN=C(N)N)C(=O)N1. The highest BCUT2D eigenvalue weighted by Crippen LogP contribution is 2.14. The lowest BCUT2D eigenvalue weighted by Gasteiger charge is -2.24. The summed E-state index contributed by atoms with van der Waals surface area (Å²) in [6.45, 7) is 1.69. The Morgan fingerprint density at radius 3 is 2.51 bits per heavy atom. The van der Waals surface area contributed by atoms with E-state index in [2.05, 4.69) is 20.9 Å². The number of nitrogens with one attached hydrogen (secondary N) is 3. The second-order valence-corrected chi connectivity index (χ2v) is 7.86. The summed E-state index contributed by atoms with van der Waals surface area (Å²) < 4.78 is 10.4. The molecule has 0 fully saturated rings. The molecule has 0 aliphatic carbocycles. The first-order valence-corrected chi connectivity index (χ1v) is 11.1. The summed E-state index contributed by atoms with van der Waals surface area (Å²) in [5.41, 5.74) is 11.5. The summed E-state index contributed by atoms with van der Waals surface area (Å²) in [6.07, 6.45) is 3.77. The lowest BCUT2D eigenvalue weighted by Crippen LogP contribution is -2.56. The quantitative estimate of drug-likeness (QED) is 0.109. The highest BCUT2D eigenvalue weighted by atomic mass is 16.5. The zero-order chi connectivity index (χ0) is 25.8. The molecule has 7 N–H and O–H groups in total. The van der Waals surface area contributed by atoms with Gasteiger partial charge >= 0.3 is 5.97 Å². The minimum Gasteiger partial charge on any atom is -0.490 e. The number of hydrogen-bond acceptors (Lipinski definition) is 7. The fraction of sp³-hybridized carbons (Fsp3) is 0.435. The second kappa shape index (κ2) is 13.6. The number of esters is 1. The number of ether oxygens (including phenoxy) is 2. The summed E-state index contributed by atoms with van der Waals surface area (Å²) in [4.78, 5) is 54.0. The Balaban J connectivity index is 2.35. The van der Waals surface area contributed by atoms with Gasteiger partial charge in [0.15, 0.2) is 5.96 Å². The Bertz CT molecular complexity index is 958. The van der Waals surface area contributed by atoms with Crippen LogP contribution in [0.5, 0.6) is 5.75 Å². The van der Waals surface area contributed by atoms with E-state index >= 15 is 0 Å². The molecule has 1 aromatic carbocycles. The molecular formula is C23H32N6O6. The van der Waals surface area contributed by atoms with Crippen LogP contribution in [0.15, 0.2) is 41.4 Å². The molecule has 2 heterocycles. The number of methoxy groups -OCH3 is 1. The molecule has 0 spiro atoms. The Hall–Kier alpha value is -4.09. The van der Waals surface area contributed by atoms with E-state index < -0.39 is 41.8 Å². The van der Waals surface area contributed by atoms with Gasteiger partial charge in [-0.05, 0) is 36.6 Å². The fourth-order valence-corrected chi connectivity index (χ4v) is 3.36. The van der Waals surface area contributed by atoms with Gasteiger partial charge in [0.2, 0.25) is 17.7 Å². The average Bonchev–Trinajstić information content (AvgIpc) is 2.81. The highest BCUT2D eigenvalue weighted by Gasteiger charge is 2.29. The van der Waals surface area contributed by atoms with Gasteiger partial charge in [0.25, 0.3) is 0 Å². The molecule has 12 nitrogen and oxygen atoms in total. The standard InChI is InChI=1S/C23H32N6O6/c1-14(30)27-19-13-15-7-9-16(10-8-15)35-12-4-6-18(22(33)34-2)29-20(31)17(28-21(19)32)5-3-11-26-23(24)25/h4,6-10,17-19H,3,5,11-13H2,1-2H3,(H,27,30)(H,28,32)(H,29,31)(H4,24,25,26)/b6-4+/t17-,18+,19+/m0/s1. The van der Waals surface area contributed by atoms with Crippen LogP contribution in [0.25, 0.3) is 0 Å². The van der Waals surface area contributed by atoms with Crippen LogP contribution in [0.3, 0.4) is 0 Å². The van der Waals surface area contributed by atoms with Crippen LogP contribution >= 0.6 is 0 Å². The molecule has 3 atom stereocenters. The molecule has 0 aromatic heterocycles. The molecule has 0 saturated heterocycles. The largest absolute Gasteiger partial charge is 0.490 e. The first-order valence-electron chi connectivity index (χ1n) is 11.1. The predicted molar refractivity (Wildman–Crippen MR) is 128 cm³/mol. The molecule has 0 radical (unpaired) electrons. The first-order chi connectivity index (χ1) is 16.7. The number of amides is 3. The fourth-order valence-electron chi connectivity index (χ4n) is 3.36. The lowest BCUT2D eigenvalue weighted by atomic mass is 10.0. The number of fused-ring (bicyclic) bond motifs is 12. The minimum atomic E-state index is -1.10. The van der Waals surface area contributed by atoms with Crippen molar-refractivity contribution in [3.63, 3.8) is 0 Å². The molecule has 2 aliphatic heterocycles. The van der Waals surface area contributed by atoms with Gasteiger partial charge in [0, 0.05) is 19.9 Å². The minimum absolute atomic E-state index is 0.0914. The zero-order valence-electron chi connectivity index (χ0n) is 19.8. The summed E-state index contributed by atoms with van der Waals surface area (Å²) >= 11 is 0. The van der Waals surface area contributed by atoms with Gasteiger partial charge in [-0.1, -0.05) is 18.2 Å². The maximum Gasteiger partial charge on any atom is 0.332 e. The average molecular weight is 489 g/mol. The van der Waals surface area contributed by atoms with E-state index in [4.69, 9.17) is 20.9 Å². The topological polar surface area (TPSA) is 187 Å². The molecule has 190 valence electrons. The van der Waals surface area contributed by atoms with E-state index in [0.29, 0.717) is 12.2 Å². The number of rotatable bonds is 6. The van der Waals surface area contributed by atoms with Gasteiger partial charge in [-0.25, -0.2) is 4.79 Å². The third-order valence-electron chi connectivity index (χ3n) is 5.06. The Morgan fingerprint density at radius 2 is 1.89 bits per heavy atom. The monoisotopic (exact) mass is 488 g/mol. The number of hydrogen-bond donors (Lipinski definition) is 5. The van der Waals surface area contributed by atoms with Gasteiger partial charge in [-0.3, -0.25) is 19.4 Å². The maximum absolute atomic E-state index is 13.1. The van der Waals surface area contributed by atoms with Gasteiger partial charge in [-0.15, -0.1) is 0 Å². The molecule has 0 saturated carbocycles. The molecular weight excluding hydrogens is 456 g/mol. The summed E-state index contributed by atoms with van der Waals surface area (Å²) in [5.74, 6) is -1.77. The van der Waals surface area contributed by atoms with E-state index in [9.17, 15) is 19.2 Å². The second-order valence-electron chi connectivity index (χ2n) is 7.86. The number of carbonyl (C=O) groups is 4. The lowest BCUT2D eigenvalue weighted by molar-refractivity contribution is -0.144. The van der Waals surface area contributed by atoms with Gasteiger partial charge in [-0.2, -0.15) is 0 Å². The van der Waals surface area contributed by atoms with E-state index in [1.165, 1.54) is 20.1 Å². The molecule has 12 heteroatoms. The number of nitrogens with two attached hydrogens (primary N) is 2. The molecule has 3 rings (SSSR count). The number of nitrogens with zero attached hydrogens (tertiary/aromatic N) is 1. The van der Waals surface area contributed by atoms with Crippen LogP contribution in [0.2, 0.25) is 0 Å². The van der Waals surface area contributed by atoms with Crippen LogP contribution < -0.4 is 32.2 Å². The van der Waals surface area contributed by atoms with Crippen molar-refractivity contribution in [2.75, 3.05) is 20.3 Å². The molecule has 1 aromatic rings. The van der Waals surface area contributed by atoms with E-state index in [0.717, 1.165) is 5.56 Å². The van der Waals surface area contributed by atoms with E-state index in [1.807, 2.05) is 0 Å². The van der Waals surface area contributed by atoms with Crippen LogP contribution in [0, 0.1) is 0 Å². The van der Waals surface area contributed by atoms with Crippen molar-refractivity contribution in [1.82, 2.24) is 16.0 Å². The molecule has 2 bridgehead atoms. The molecule has 35 heavy (non-hydrogen) atoms. The predicted octanol–water partition coefficient (Wildman–Crippen LogP) is -1.12. The molecule has 2 aliphatic rings. The molecule has 0 unspecified atom stereocenters. The normalized spacial score (nSPS) is 21.6. The van der Waals surface area contributed by atoms with Crippen molar-refractivity contribution in [2.45, 2.75) is 44.3 Å². The third kappa shape index (κ3) is 9.35. The van der Waals surface area contributed by atoms with Crippen molar-refractivity contribution in [2.24, 2.45) is 16.5 Å². The van der Waals surface area contributed by atoms with E-state index in [1.54, 1.807) is 30.3 Å². The van der Waals surface area contributed by atoms with Crippen molar-refractivity contribution in [3.8, 4) is 5.75 Å². The number of carbonyl (C=O) groups excluding carboxylic acids is 4. The number of guanidine groups is 1. The van der Waals surface area contributed by atoms with Crippen molar-refractivity contribution in [3.05, 3.63) is 42.0 Å². The van der Waals surface area contributed by atoms with Gasteiger partial charge in [0.1, 0.15) is 30.5 Å². The van der Waals surface area contributed by atoms with Gasteiger partial charge in [0.05, 0.1) is 7.11 Å². The summed E-state index contributed by atoms with van der Waals surface area (Å²) in [6, 6.07) is 3.98. The highest BCUT2D eigenvalue weighted by molar-refractivity contribution is 5.93. The van der Waals surface area contributed by atoms with Crippen LogP contribution in [0.1, 0.15) is 25.3 Å². The Morgan fingerprint density at radius 1 is 1.17 bits per heavy atom. The van der Waals surface area contributed by atoms with Crippen molar-refractivity contribution in [1.29, 1.82) is 0 Å². The van der Waals surface area contributed by atoms with Crippen LogP contribution in [-0.2, 0) is 30.3 Å². The van der Waals surface area contributed by atoms with Crippen LogP contribution in [0.4, 0.5) is 0 Å². The number of benzene rings is 1. The molecule has 3 amide bonds. The van der Waals surface area contributed by atoms with Crippen LogP contribution in [-0.4, -0.2) is 68.0 Å². The summed E-state index contributed by atoms with van der Waals surface area (Å²) in [5, 5.41) is 7.88. The third-order valence-corrected chi connectivity index (χ3v) is 5.06. The smallest absolute Gasteiger partial charge is 0.332 e. The van der Waals surface area contributed by atoms with Gasteiger partial charge < -0.3 is 36.9 Å². The zero-order valence-corrected chi connectivity index (χ0v) is 19.8. The van der Waals surface area contributed by atoms with Crippen molar-refractivity contribution < 1.29 is 28.7 Å². The summed E-state index contributed by atoms with van der Waals surface area (Å²) in [7, 11) is 1.20. The Labute approximate surface area is 203 Å². The van der Waals surface area contributed by atoms with E-state index in [-0.39, 0.29) is 32.0 Å². The van der Waals surface area contributed by atoms with Crippen molar-refractivity contribution >= 4 is 29.7 Å². The maximum atomic E-state index is 13.1. The Kier molecular flexibility index (Phi) is 10.5. The first kappa shape index (κ1) is 27.2.